The molecule has 0 amide bonds. The largest absolute Gasteiger partial charge is 0.454 e. The molecule has 39 heavy (non-hydrogen) atoms. The molecule has 9 aromatic rings. The standard InChI is InChI=1S/C35H21N3O/c1-2-10-22(11-3-1)37-27-15-7-4-12-24(27)30-31-25-13-5-8-16-28(25)38(23-18-20-36-21-19-23)34(31)35-32(33(30)37)26-14-6-9-17-29(26)39-35/h1-21H. The molecule has 0 aliphatic heterocycles. The molecular weight excluding hydrogens is 478 g/mol. The van der Waals surface area contributed by atoms with Gasteiger partial charge in [-0.25, -0.2) is 0 Å². The van der Waals surface area contributed by atoms with E-state index >= 15 is 0 Å². The van der Waals surface area contributed by atoms with Gasteiger partial charge in [0.15, 0.2) is 5.58 Å². The van der Waals surface area contributed by atoms with Crippen LogP contribution in [-0.2, 0) is 0 Å². The van der Waals surface area contributed by atoms with Gasteiger partial charge in [0, 0.05) is 50.7 Å². The van der Waals surface area contributed by atoms with Crippen LogP contribution in [0.2, 0.25) is 0 Å². The predicted octanol–water partition coefficient (Wildman–Crippen LogP) is 9.18. The van der Waals surface area contributed by atoms with E-state index in [0.29, 0.717) is 0 Å². The van der Waals surface area contributed by atoms with Gasteiger partial charge in [-0.05, 0) is 42.5 Å². The van der Waals surface area contributed by atoms with Crippen molar-refractivity contribution in [3.8, 4) is 11.4 Å². The first-order chi connectivity index (χ1) is 19.4. The summed E-state index contributed by atoms with van der Waals surface area (Å²) in [4.78, 5) is 4.30. The maximum absolute atomic E-state index is 6.80. The SMILES string of the molecule is c1ccc(-n2c3ccccc3c3c4c5ccccc5n(-c5ccncc5)c4c4oc5ccccc5c4c32)cc1. The normalized spacial score (nSPS) is 12.1. The van der Waals surface area contributed by atoms with Crippen LogP contribution in [-0.4, -0.2) is 14.1 Å². The number of para-hydroxylation sites is 4. The zero-order chi connectivity index (χ0) is 25.5. The highest BCUT2D eigenvalue weighted by atomic mass is 16.3. The molecule has 0 bridgehead atoms. The highest BCUT2D eigenvalue weighted by Crippen LogP contribution is 2.49. The van der Waals surface area contributed by atoms with Gasteiger partial charge in [0.1, 0.15) is 5.58 Å². The average molecular weight is 500 g/mol. The number of pyridine rings is 1. The fourth-order valence-electron chi connectivity index (χ4n) is 6.49. The Labute approximate surface area is 222 Å². The average Bonchev–Trinajstić information content (AvgIpc) is 3.66. The molecule has 4 heterocycles. The molecule has 4 heteroatoms. The van der Waals surface area contributed by atoms with Crippen LogP contribution in [0.1, 0.15) is 0 Å². The van der Waals surface area contributed by atoms with Gasteiger partial charge in [0.05, 0.1) is 27.5 Å². The van der Waals surface area contributed by atoms with E-state index < -0.39 is 0 Å². The third-order valence-corrected chi connectivity index (χ3v) is 7.98. The summed E-state index contributed by atoms with van der Waals surface area (Å²) in [5.41, 5.74) is 8.55. The first-order valence-electron chi connectivity index (χ1n) is 13.2. The van der Waals surface area contributed by atoms with Gasteiger partial charge in [-0.15, -0.1) is 0 Å². The highest BCUT2D eigenvalue weighted by molar-refractivity contribution is 6.39. The van der Waals surface area contributed by atoms with Gasteiger partial charge in [-0.3, -0.25) is 4.98 Å². The summed E-state index contributed by atoms with van der Waals surface area (Å²) < 4.78 is 11.6. The van der Waals surface area contributed by atoms with Crippen molar-refractivity contribution in [2.75, 3.05) is 0 Å². The van der Waals surface area contributed by atoms with Gasteiger partial charge in [-0.2, -0.15) is 0 Å². The summed E-state index contributed by atoms with van der Waals surface area (Å²) in [5.74, 6) is 0. The molecule has 0 spiro atoms. The summed E-state index contributed by atoms with van der Waals surface area (Å²) >= 11 is 0. The number of hydrogen-bond donors (Lipinski definition) is 0. The topological polar surface area (TPSA) is 35.9 Å². The summed E-state index contributed by atoms with van der Waals surface area (Å²) in [6, 6.07) is 40.6. The van der Waals surface area contributed by atoms with Crippen LogP contribution in [0.3, 0.4) is 0 Å². The van der Waals surface area contributed by atoms with Crippen LogP contribution in [0.15, 0.2) is 132 Å². The van der Waals surface area contributed by atoms with Gasteiger partial charge in [-0.1, -0.05) is 72.8 Å². The van der Waals surface area contributed by atoms with E-state index in [1.807, 2.05) is 18.5 Å². The zero-order valence-electron chi connectivity index (χ0n) is 20.9. The van der Waals surface area contributed by atoms with Crippen LogP contribution < -0.4 is 0 Å². The third-order valence-electron chi connectivity index (χ3n) is 7.98. The van der Waals surface area contributed by atoms with Crippen LogP contribution >= 0.6 is 0 Å². The molecule has 0 aliphatic rings. The lowest BCUT2D eigenvalue weighted by Crippen LogP contribution is -1.96. The van der Waals surface area contributed by atoms with Crippen molar-refractivity contribution < 1.29 is 4.42 Å². The summed E-state index contributed by atoms with van der Waals surface area (Å²) in [7, 11) is 0. The van der Waals surface area contributed by atoms with Gasteiger partial charge in [0.2, 0.25) is 0 Å². The number of furan rings is 1. The molecule has 0 fully saturated rings. The van der Waals surface area contributed by atoms with Gasteiger partial charge in [0.25, 0.3) is 0 Å². The summed E-state index contributed by atoms with van der Waals surface area (Å²) in [6.07, 6.45) is 3.71. The van der Waals surface area contributed by atoms with Crippen molar-refractivity contribution in [3.63, 3.8) is 0 Å². The van der Waals surface area contributed by atoms with Crippen LogP contribution in [0.5, 0.6) is 0 Å². The molecule has 9 rings (SSSR count). The predicted molar refractivity (Wildman–Crippen MR) is 160 cm³/mol. The molecule has 0 saturated heterocycles. The van der Waals surface area contributed by atoms with E-state index in [-0.39, 0.29) is 0 Å². The minimum Gasteiger partial charge on any atom is -0.454 e. The monoisotopic (exact) mass is 499 g/mol. The molecule has 5 aromatic carbocycles. The molecule has 0 saturated carbocycles. The van der Waals surface area contributed by atoms with E-state index in [1.165, 1.54) is 32.6 Å². The Morgan fingerprint density at radius 1 is 0.462 bits per heavy atom. The van der Waals surface area contributed by atoms with Crippen molar-refractivity contribution >= 4 is 65.6 Å². The second kappa shape index (κ2) is 7.59. The number of nitrogens with zero attached hydrogens (tertiary/aromatic N) is 3. The Hall–Kier alpha value is -5.35. The quantitative estimate of drug-likeness (QED) is 0.238. The third kappa shape index (κ3) is 2.65. The number of aromatic nitrogens is 3. The molecule has 0 N–H and O–H groups in total. The summed E-state index contributed by atoms with van der Waals surface area (Å²) in [6.45, 7) is 0. The van der Waals surface area contributed by atoms with Crippen molar-refractivity contribution in [1.29, 1.82) is 0 Å². The Morgan fingerprint density at radius 2 is 1.00 bits per heavy atom. The van der Waals surface area contributed by atoms with Crippen molar-refractivity contribution in [1.82, 2.24) is 14.1 Å². The maximum atomic E-state index is 6.80. The number of hydrogen-bond acceptors (Lipinski definition) is 2. The second-order valence-electron chi connectivity index (χ2n) is 10.00. The minimum atomic E-state index is 0.887. The van der Waals surface area contributed by atoms with Crippen LogP contribution in [0.25, 0.3) is 76.9 Å². The first kappa shape index (κ1) is 20.7. The number of benzene rings is 5. The lowest BCUT2D eigenvalue weighted by molar-refractivity contribution is 0.671. The second-order valence-corrected chi connectivity index (χ2v) is 10.00. The summed E-state index contributed by atoms with van der Waals surface area (Å²) in [5, 5.41) is 7.12. The van der Waals surface area contributed by atoms with Gasteiger partial charge < -0.3 is 13.6 Å². The molecule has 182 valence electrons. The first-order valence-corrected chi connectivity index (χ1v) is 13.2. The van der Waals surface area contributed by atoms with E-state index in [9.17, 15) is 0 Å². The molecule has 0 atom stereocenters. The Kier molecular flexibility index (Phi) is 4.02. The van der Waals surface area contributed by atoms with Crippen LogP contribution in [0.4, 0.5) is 0 Å². The van der Waals surface area contributed by atoms with Gasteiger partial charge >= 0.3 is 0 Å². The smallest absolute Gasteiger partial charge is 0.162 e. The maximum Gasteiger partial charge on any atom is 0.162 e. The molecule has 4 aromatic heterocycles. The Balaban J connectivity index is 1.69. The molecule has 4 nitrogen and oxygen atoms in total. The van der Waals surface area contributed by atoms with E-state index in [2.05, 4.69) is 123 Å². The van der Waals surface area contributed by atoms with Crippen molar-refractivity contribution in [2.24, 2.45) is 0 Å². The molecule has 0 radical (unpaired) electrons. The zero-order valence-corrected chi connectivity index (χ0v) is 20.9. The number of fused-ring (bicyclic) bond motifs is 12. The van der Waals surface area contributed by atoms with Crippen LogP contribution in [0, 0.1) is 0 Å². The fourth-order valence-corrected chi connectivity index (χ4v) is 6.49. The van der Waals surface area contributed by atoms with Crippen molar-refractivity contribution in [3.05, 3.63) is 128 Å². The highest BCUT2D eigenvalue weighted by Gasteiger charge is 2.27. The fraction of sp³-hybridized carbons (Fsp3) is 0. The molecular formula is C35H21N3O. The van der Waals surface area contributed by atoms with E-state index in [4.69, 9.17) is 4.42 Å². The molecule has 0 unspecified atom stereocenters. The number of rotatable bonds is 2. The minimum absolute atomic E-state index is 0.887. The lowest BCUT2D eigenvalue weighted by atomic mass is 10.0. The van der Waals surface area contributed by atoms with E-state index in [1.54, 1.807) is 0 Å². The lowest BCUT2D eigenvalue weighted by Gasteiger charge is -2.10. The Bertz CT molecular complexity index is 2370. The Morgan fingerprint density at radius 3 is 1.72 bits per heavy atom. The van der Waals surface area contributed by atoms with Crippen molar-refractivity contribution in [2.45, 2.75) is 0 Å². The molecule has 0 aliphatic carbocycles. The van der Waals surface area contributed by atoms with E-state index in [0.717, 1.165) is 44.3 Å².